The summed E-state index contributed by atoms with van der Waals surface area (Å²) in [5, 5.41) is 0. The van der Waals surface area contributed by atoms with Crippen molar-refractivity contribution in [1.82, 2.24) is 4.90 Å². The van der Waals surface area contributed by atoms with E-state index in [0.717, 1.165) is 0 Å². The molecule has 0 bridgehead atoms. The molecule has 0 saturated heterocycles. The molecule has 1 aromatic carbocycles. The molecule has 0 aliphatic heterocycles. The molecule has 0 aliphatic carbocycles. The standard InChI is InChI=1S/C11H14FNO2/c1-9(14)13(2)7-8-15-11-5-3-10(12)4-6-11/h3-6H,7-8H2,1-2H3. The maximum Gasteiger partial charge on any atom is 0.219 e. The third-order valence-electron chi connectivity index (χ3n) is 2.05. The van der Waals surface area contributed by atoms with Crippen molar-refractivity contribution in [2.75, 3.05) is 20.2 Å². The lowest BCUT2D eigenvalue weighted by molar-refractivity contribution is -0.127. The van der Waals surface area contributed by atoms with Gasteiger partial charge < -0.3 is 9.64 Å². The van der Waals surface area contributed by atoms with Gasteiger partial charge in [0.1, 0.15) is 18.2 Å². The van der Waals surface area contributed by atoms with Gasteiger partial charge in [0.05, 0.1) is 6.54 Å². The predicted octanol–water partition coefficient (Wildman–Crippen LogP) is 1.68. The largest absolute Gasteiger partial charge is 0.492 e. The minimum Gasteiger partial charge on any atom is -0.492 e. The van der Waals surface area contributed by atoms with E-state index in [9.17, 15) is 9.18 Å². The van der Waals surface area contributed by atoms with E-state index in [2.05, 4.69) is 0 Å². The van der Waals surface area contributed by atoms with Crippen molar-refractivity contribution < 1.29 is 13.9 Å². The molecule has 1 aromatic rings. The molecule has 0 fully saturated rings. The van der Waals surface area contributed by atoms with Crippen LogP contribution in [0.15, 0.2) is 24.3 Å². The Kier molecular flexibility index (Phi) is 4.09. The number of hydrogen-bond donors (Lipinski definition) is 0. The molecule has 0 unspecified atom stereocenters. The summed E-state index contributed by atoms with van der Waals surface area (Å²) in [5.41, 5.74) is 0. The number of carbonyl (C=O) groups excluding carboxylic acids is 1. The van der Waals surface area contributed by atoms with Crippen LogP contribution in [-0.2, 0) is 4.79 Å². The van der Waals surface area contributed by atoms with E-state index in [1.165, 1.54) is 19.1 Å². The molecular weight excluding hydrogens is 197 g/mol. The van der Waals surface area contributed by atoms with Crippen molar-refractivity contribution in [3.8, 4) is 5.75 Å². The maximum absolute atomic E-state index is 12.5. The monoisotopic (exact) mass is 211 g/mol. The van der Waals surface area contributed by atoms with Gasteiger partial charge in [-0.25, -0.2) is 4.39 Å². The molecular formula is C11H14FNO2. The first-order valence-electron chi connectivity index (χ1n) is 4.69. The summed E-state index contributed by atoms with van der Waals surface area (Å²) in [7, 11) is 1.70. The van der Waals surface area contributed by atoms with Crippen LogP contribution in [0.5, 0.6) is 5.75 Å². The Morgan fingerprint density at radius 2 is 2.00 bits per heavy atom. The Morgan fingerprint density at radius 3 is 2.53 bits per heavy atom. The lowest BCUT2D eigenvalue weighted by atomic mass is 10.3. The first kappa shape index (κ1) is 11.5. The molecule has 0 atom stereocenters. The second-order valence-electron chi connectivity index (χ2n) is 3.24. The fraction of sp³-hybridized carbons (Fsp3) is 0.364. The minimum atomic E-state index is -0.289. The van der Waals surface area contributed by atoms with Crippen LogP contribution < -0.4 is 4.74 Å². The van der Waals surface area contributed by atoms with Gasteiger partial charge in [0.25, 0.3) is 0 Å². The fourth-order valence-electron chi connectivity index (χ4n) is 0.989. The number of rotatable bonds is 4. The van der Waals surface area contributed by atoms with Crippen molar-refractivity contribution in [2.24, 2.45) is 0 Å². The van der Waals surface area contributed by atoms with Gasteiger partial charge in [0.15, 0.2) is 0 Å². The van der Waals surface area contributed by atoms with Crippen LogP contribution in [-0.4, -0.2) is 31.0 Å². The van der Waals surface area contributed by atoms with Gasteiger partial charge >= 0.3 is 0 Å². The Hall–Kier alpha value is -1.58. The van der Waals surface area contributed by atoms with E-state index in [1.807, 2.05) is 0 Å². The van der Waals surface area contributed by atoms with Crippen LogP contribution in [0.2, 0.25) is 0 Å². The predicted molar refractivity (Wildman–Crippen MR) is 55.2 cm³/mol. The van der Waals surface area contributed by atoms with E-state index in [0.29, 0.717) is 18.9 Å². The molecule has 3 nitrogen and oxygen atoms in total. The number of ether oxygens (including phenoxy) is 1. The van der Waals surface area contributed by atoms with Gasteiger partial charge in [-0.1, -0.05) is 0 Å². The number of likely N-dealkylation sites (N-methyl/N-ethyl adjacent to an activating group) is 1. The van der Waals surface area contributed by atoms with Crippen molar-refractivity contribution in [2.45, 2.75) is 6.92 Å². The van der Waals surface area contributed by atoms with Crippen LogP contribution in [0, 0.1) is 5.82 Å². The quantitative estimate of drug-likeness (QED) is 0.758. The lowest BCUT2D eigenvalue weighted by Crippen LogP contribution is -2.28. The number of halogens is 1. The molecule has 0 aliphatic rings. The Balaban J connectivity index is 2.32. The molecule has 82 valence electrons. The molecule has 0 saturated carbocycles. The van der Waals surface area contributed by atoms with Crippen LogP contribution in [0.25, 0.3) is 0 Å². The van der Waals surface area contributed by atoms with Gasteiger partial charge in [-0.05, 0) is 24.3 Å². The van der Waals surface area contributed by atoms with E-state index < -0.39 is 0 Å². The number of hydrogen-bond acceptors (Lipinski definition) is 2. The summed E-state index contributed by atoms with van der Waals surface area (Å²) in [6, 6.07) is 5.79. The number of amides is 1. The third kappa shape index (κ3) is 3.97. The number of carbonyl (C=O) groups is 1. The highest BCUT2D eigenvalue weighted by Crippen LogP contribution is 2.10. The van der Waals surface area contributed by atoms with E-state index in [-0.39, 0.29) is 11.7 Å². The van der Waals surface area contributed by atoms with E-state index >= 15 is 0 Å². The van der Waals surface area contributed by atoms with Gasteiger partial charge in [0.2, 0.25) is 5.91 Å². The van der Waals surface area contributed by atoms with E-state index in [1.54, 1.807) is 24.1 Å². The smallest absolute Gasteiger partial charge is 0.219 e. The third-order valence-corrected chi connectivity index (χ3v) is 2.05. The summed E-state index contributed by atoms with van der Waals surface area (Å²) in [5.74, 6) is 0.314. The normalized spacial score (nSPS) is 9.80. The summed E-state index contributed by atoms with van der Waals surface area (Å²) < 4.78 is 17.9. The SMILES string of the molecule is CC(=O)N(C)CCOc1ccc(F)cc1. The first-order chi connectivity index (χ1) is 7.09. The molecule has 0 aromatic heterocycles. The highest BCUT2D eigenvalue weighted by molar-refractivity contribution is 5.72. The Morgan fingerprint density at radius 1 is 1.40 bits per heavy atom. The van der Waals surface area contributed by atoms with E-state index in [4.69, 9.17) is 4.74 Å². The molecule has 4 heteroatoms. The molecule has 0 spiro atoms. The fourth-order valence-corrected chi connectivity index (χ4v) is 0.989. The highest BCUT2D eigenvalue weighted by atomic mass is 19.1. The van der Waals surface area contributed by atoms with Crippen LogP contribution in [0.3, 0.4) is 0 Å². The van der Waals surface area contributed by atoms with Gasteiger partial charge in [-0.2, -0.15) is 0 Å². The van der Waals surface area contributed by atoms with Gasteiger partial charge in [-0.15, -0.1) is 0 Å². The van der Waals surface area contributed by atoms with Crippen molar-refractivity contribution >= 4 is 5.91 Å². The van der Waals surface area contributed by atoms with Crippen molar-refractivity contribution in [1.29, 1.82) is 0 Å². The summed E-state index contributed by atoms with van der Waals surface area (Å²) in [6.45, 7) is 2.42. The zero-order valence-corrected chi connectivity index (χ0v) is 8.87. The second kappa shape index (κ2) is 5.34. The topological polar surface area (TPSA) is 29.5 Å². The first-order valence-corrected chi connectivity index (χ1v) is 4.69. The average molecular weight is 211 g/mol. The Bertz CT molecular complexity index is 324. The van der Waals surface area contributed by atoms with Crippen LogP contribution >= 0.6 is 0 Å². The summed E-state index contributed by atoms with van der Waals surface area (Å²) >= 11 is 0. The summed E-state index contributed by atoms with van der Waals surface area (Å²) in [4.78, 5) is 12.4. The number of benzene rings is 1. The van der Waals surface area contributed by atoms with Crippen molar-refractivity contribution in [3.63, 3.8) is 0 Å². The lowest BCUT2D eigenvalue weighted by Gasteiger charge is -2.14. The summed E-state index contributed by atoms with van der Waals surface area (Å²) in [6.07, 6.45) is 0. The molecule has 1 rings (SSSR count). The molecule has 0 N–H and O–H groups in total. The zero-order chi connectivity index (χ0) is 11.3. The van der Waals surface area contributed by atoms with Gasteiger partial charge in [0, 0.05) is 14.0 Å². The second-order valence-corrected chi connectivity index (χ2v) is 3.24. The molecule has 1 amide bonds. The molecule has 0 radical (unpaired) electrons. The molecule has 0 heterocycles. The zero-order valence-electron chi connectivity index (χ0n) is 8.87. The Labute approximate surface area is 88.5 Å². The minimum absolute atomic E-state index is 0.00212. The average Bonchev–Trinajstić information content (AvgIpc) is 2.20. The van der Waals surface area contributed by atoms with Crippen LogP contribution in [0.1, 0.15) is 6.92 Å². The highest BCUT2D eigenvalue weighted by Gasteiger charge is 2.01. The number of nitrogens with zero attached hydrogens (tertiary/aromatic N) is 1. The van der Waals surface area contributed by atoms with Crippen LogP contribution in [0.4, 0.5) is 4.39 Å². The van der Waals surface area contributed by atoms with Crippen molar-refractivity contribution in [3.05, 3.63) is 30.1 Å². The molecule has 15 heavy (non-hydrogen) atoms. The maximum atomic E-state index is 12.5. The van der Waals surface area contributed by atoms with Gasteiger partial charge in [-0.3, -0.25) is 4.79 Å².